The zero-order valence-corrected chi connectivity index (χ0v) is 5.64. The van der Waals surface area contributed by atoms with Crippen LogP contribution >= 0.6 is 0 Å². The quantitative estimate of drug-likeness (QED) is 0.484. The summed E-state index contributed by atoms with van der Waals surface area (Å²) in [6.07, 6.45) is 0.738. The van der Waals surface area contributed by atoms with Crippen LogP contribution in [0, 0.1) is 22.7 Å². The van der Waals surface area contributed by atoms with Crippen molar-refractivity contribution in [1.29, 1.82) is 5.26 Å². The fourth-order valence-corrected chi connectivity index (χ4v) is 1.15. The van der Waals surface area contributed by atoms with Gasteiger partial charge in [-0.25, -0.2) is 0 Å². The van der Waals surface area contributed by atoms with Crippen LogP contribution in [0.5, 0.6) is 0 Å². The molecule has 0 aromatic carbocycles. The minimum absolute atomic E-state index is 0.102. The number of ketones is 1. The fourth-order valence-electron chi connectivity index (χ4n) is 1.15. The van der Waals surface area contributed by atoms with E-state index in [1.54, 1.807) is 0 Å². The number of rotatable bonds is 0. The smallest absolute Gasteiger partial charge is 0.155 e. The summed E-state index contributed by atoms with van der Waals surface area (Å²) in [5.74, 6) is -0.204. The topological polar surface area (TPSA) is 40.9 Å². The molecule has 0 bridgehead atoms. The maximum Gasteiger partial charge on any atom is 0.155 e. The first-order chi connectivity index (χ1) is 4.08. The van der Waals surface area contributed by atoms with E-state index in [1.165, 1.54) is 0 Å². The third-order valence-corrected chi connectivity index (χ3v) is 1.85. The van der Waals surface area contributed by atoms with E-state index >= 15 is 0 Å². The number of hydrogen-bond acceptors (Lipinski definition) is 2. The van der Waals surface area contributed by atoms with E-state index < -0.39 is 0 Å². The first-order valence-corrected chi connectivity index (χ1v) is 3.02. The summed E-state index contributed by atoms with van der Waals surface area (Å²) in [6, 6.07) is 1.96. The van der Waals surface area contributed by atoms with Gasteiger partial charge in [0.2, 0.25) is 0 Å². The Morgan fingerprint density at radius 3 is 2.44 bits per heavy atom. The van der Waals surface area contributed by atoms with Crippen LogP contribution in [0.3, 0.4) is 0 Å². The van der Waals surface area contributed by atoms with Gasteiger partial charge in [0, 0.05) is 5.41 Å². The van der Waals surface area contributed by atoms with Gasteiger partial charge in [-0.15, -0.1) is 0 Å². The third-order valence-electron chi connectivity index (χ3n) is 1.85. The van der Waals surface area contributed by atoms with Crippen LogP contribution in [-0.2, 0) is 4.79 Å². The van der Waals surface area contributed by atoms with Gasteiger partial charge >= 0.3 is 0 Å². The number of nitriles is 1. The molecule has 1 aliphatic rings. The number of hydrogen-bond donors (Lipinski definition) is 0. The van der Waals surface area contributed by atoms with Crippen molar-refractivity contribution in [2.24, 2.45) is 11.3 Å². The molecule has 2 heteroatoms. The molecule has 0 spiro atoms. The van der Waals surface area contributed by atoms with Crippen molar-refractivity contribution >= 4 is 5.78 Å². The van der Waals surface area contributed by atoms with Gasteiger partial charge in [0.05, 0.1) is 6.07 Å². The second-order valence-corrected chi connectivity index (χ2v) is 3.13. The molecule has 1 aliphatic carbocycles. The molecular formula is C7H9NO. The normalized spacial score (nSPS) is 30.8. The highest BCUT2D eigenvalue weighted by atomic mass is 16.1. The Labute approximate surface area is 54.5 Å². The lowest BCUT2D eigenvalue weighted by atomic mass is 9.64. The van der Waals surface area contributed by atoms with Gasteiger partial charge in [-0.05, 0) is 6.42 Å². The number of Topliss-reactive ketones (excluding diaryl/α,β-unsaturated/α-hetero) is 1. The largest absolute Gasteiger partial charge is 0.298 e. The highest BCUT2D eigenvalue weighted by Crippen LogP contribution is 2.40. The van der Waals surface area contributed by atoms with Gasteiger partial charge in [-0.1, -0.05) is 13.8 Å². The first-order valence-electron chi connectivity index (χ1n) is 3.02. The van der Waals surface area contributed by atoms with Crippen LogP contribution in [0.15, 0.2) is 0 Å². The molecule has 0 N–H and O–H groups in total. The van der Waals surface area contributed by atoms with Gasteiger partial charge in [-0.3, -0.25) is 4.79 Å². The Bertz CT molecular complexity index is 188. The molecule has 1 atom stereocenters. The molecule has 1 unspecified atom stereocenters. The van der Waals surface area contributed by atoms with E-state index in [0.717, 1.165) is 6.42 Å². The Hall–Kier alpha value is -0.840. The molecule has 1 saturated carbocycles. The molecule has 2 nitrogen and oxygen atoms in total. The molecule has 1 fully saturated rings. The first kappa shape index (κ1) is 6.28. The summed E-state index contributed by atoms with van der Waals surface area (Å²) in [4.78, 5) is 10.9. The summed E-state index contributed by atoms with van der Waals surface area (Å²) in [7, 11) is 0. The molecule has 48 valence electrons. The van der Waals surface area contributed by atoms with Gasteiger partial charge in [0.25, 0.3) is 0 Å². The van der Waals surface area contributed by atoms with Crippen molar-refractivity contribution in [2.45, 2.75) is 20.3 Å². The van der Waals surface area contributed by atoms with Crippen molar-refractivity contribution in [3.63, 3.8) is 0 Å². The van der Waals surface area contributed by atoms with E-state index in [2.05, 4.69) is 0 Å². The highest BCUT2D eigenvalue weighted by Gasteiger charge is 2.46. The van der Waals surface area contributed by atoms with Crippen LogP contribution in [-0.4, -0.2) is 5.78 Å². The lowest BCUT2D eigenvalue weighted by molar-refractivity contribution is -0.139. The predicted octanol–water partition coefficient (Wildman–Crippen LogP) is 1.13. The summed E-state index contributed by atoms with van der Waals surface area (Å²) in [5, 5.41) is 8.32. The Morgan fingerprint density at radius 2 is 2.33 bits per heavy atom. The number of carbonyl (C=O) groups excluding carboxylic acids is 1. The predicted molar refractivity (Wildman–Crippen MR) is 32.5 cm³/mol. The maximum absolute atomic E-state index is 10.9. The lowest BCUT2D eigenvalue weighted by Gasteiger charge is -2.36. The van der Waals surface area contributed by atoms with Crippen molar-refractivity contribution in [1.82, 2.24) is 0 Å². The lowest BCUT2D eigenvalue weighted by Crippen LogP contribution is -2.43. The summed E-state index contributed by atoms with van der Waals surface area (Å²) >= 11 is 0. The Balaban J connectivity index is 2.65. The van der Waals surface area contributed by atoms with Crippen molar-refractivity contribution in [2.75, 3.05) is 0 Å². The zero-order chi connectivity index (χ0) is 7.07. The van der Waals surface area contributed by atoms with Crippen LogP contribution in [0.1, 0.15) is 20.3 Å². The molecule has 0 aliphatic heterocycles. The minimum Gasteiger partial charge on any atom is -0.298 e. The molecule has 0 amide bonds. The molecule has 0 heterocycles. The molecule has 0 saturated heterocycles. The molecule has 0 aromatic heterocycles. The standard InChI is InChI=1S/C7H9NO/c1-7(2)3-5(4-8)6(7)9/h5H,3H2,1-2H3. The zero-order valence-electron chi connectivity index (χ0n) is 5.64. The summed E-state index contributed by atoms with van der Waals surface area (Å²) in [5.41, 5.74) is -0.208. The molecule has 9 heavy (non-hydrogen) atoms. The van der Waals surface area contributed by atoms with Crippen LogP contribution in [0.2, 0.25) is 0 Å². The van der Waals surface area contributed by atoms with E-state index in [4.69, 9.17) is 5.26 Å². The highest BCUT2D eigenvalue weighted by molar-refractivity contribution is 5.94. The van der Waals surface area contributed by atoms with E-state index in [0.29, 0.717) is 0 Å². The number of nitrogens with zero attached hydrogens (tertiary/aromatic N) is 1. The van der Waals surface area contributed by atoms with E-state index in [9.17, 15) is 4.79 Å². The van der Waals surface area contributed by atoms with Crippen LogP contribution < -0.4 is 0 Å². The molecule has 1 rings (SSSR count). The fraction of sp³-hybridized carbons (Fsp3) is 0.714. The minimum atomic E-state index is -0.306. The second-order valence-electron chi connectivity index (χ2n) is 3.13. The molecule has 0 aromatic rings. The second kappa shape index (κ2) is 1.57. The Kier molecular flexibility index (Phi) is 1.10. The van der Waals surface area contributed by atoms with Gasteiger partial charge in [0.1, 0.15) is 5.92 Å². The van der Waals surface area contributed by atoms with Crippen molar-refractivity contribution in [3.05, 3.63) is 0 Å². The third kappa shape index (κ3) is 0.730. The maximum atomic E-state index is 10.9. The van der Waals surface area contributed by atoms with Gasteiger partial charge in [-0.2, -0.15) is 5.26 Å². The average Bonchev–Trinajstić information content (AvgIpc) is 1.82. The van der Waals surface area contributed by atoms with Crippen LogP contribution in [0.25, 0.3) is 0 Å². The van der Waals surface area contributed by atoms with Gasteiger partial charge in [0.15, 0.2) is 5.78 Å². The molecule has 0 radical (unpaired) electrons. The number of carbonyl (C=O) groups is 1. The van der Waals surface area contributed by atoms with Crippen molar-refractivity contribution < 1.29 is 4.79 Å². The van der Waals surface area contributed by atoms with Crippen molar-refractivity contribution in [3.8, 4) is 6.07 Å². The average molecular weight is 123 g/mol. The molecular weight excluding hydrogens is 114 g/mol. The summed E-state index contributed by atoms with van der Waals surface area (Å²) in [6.45, 7) is 3.76. The van der Waals surface area contributed by atoms with E-state index in [-0.39, 0.29) is 17.1 Å². The van der Waals surface area contributed by atoms with E-state index in [1.807, 2.05) is 19.9 Å². The Morgan fingerprint density at radius 1 is 1.78 bits per heavy atom. The SMILES string of the molecule is CC1(C)CC(C#N)C1=O. The van der Waals surface area contributed by atoms with Crippen LogP contribution in [0.4, 0.5) is 0 Å². The monoisotopic (exact) mass is 123 g/mol. The summed E-state index contributed by atoms with van der Waals surface area (Å²) < 4.78 is 0. The van der Waals surface area contributed by atoms with Gasteiger partial charge < -0.3 is 0 Å².